The highest BCUT2D eigenvalue weighted by atomic mass is 35.5. The van der Waals surface area contributed by atoms with Crippen LogP contribution in [0.25, 0.3) is 0 Å². The maximum absolute atomic E-state index is 6.29. The fraction of sp³-hybridized carbons (Fsp3) is 0.312. The number of halogens is 3. The Bertz CT molecular complexity index is 653. The third-order valence-electron chi connectivity index (χ3n) is 3.57. The predicted molar refractivity (Wildman–Crippen MR) is 87.6 cm³/mol. The lowest BCUT2D eigenvalue weighted by Crippen LogP contribution is -2.31. The fourth-order valence-corrected chi connectivity index (χ4v) is 3.12. The minimum absolute atomic E-state index is 0.159. The zero-order valence-electron chi connectivity index (χ0n) is 11.6. The van der Waals surface area contributed by atoms with Crippen molar-refractivity contribution in [1.82, 2.24) is 4.98 Å². The molecule has 2 atom stereocenters. The van der Waals surface area contributed by atoms with Crippen LogP contribution in [-0.2, 0) is 21.7 Å². The van der Waals surface area contributed by atoms with E-state index in [2.05, 4.69) is 4.98 Å². The van der Waals surface area contributed by atoms with Crippen LogP contribution in [0.3, 0.4) is 0 Å². The molecule has 22 heavy (non-hydrogen) atoms. The van der Waals surface area contributed by atoms with Crippen LogP contribution in [-0.4, -0.2) is 23.6 Å². The Hall–Kier alpha value is -0.840. The van der Waals surface area contributed by atoms with Crippen LogP contribution in [0.5, 0.6) is 0 Å². The largest absolute Gasteiger partial charge is 0.343 e. The molecular formula is C16H14Cl3NO2. The molecule has 0 spiro atoms. The van der Waals surface area contributed by atoms with Gasteiger partial charge in [-0.25, -0.2) is 0 Å². The van der Waals surface area contributed by atoms with Gasteiger partial charge in [-0.3, -0.25) is 4.98 Å². The number of alkyl halides is 1. The van der Waals surface area contributed by atoms with Gasteiger partial charge in [-0.05, 0) is 23.8 Å². The smallest absolute Gasteiger partial charge is 0.201 e. The van der Waals surface area contributed by atoms with E-state index >= 15 is 0 Å². The van der Waals surface area contributed by atoms with Gasteiger partial charge in [-0.15, -0.1) is 11.6 Å². The van der Waals surface area contributed by atoms with E-state index in [-0.39, 0.29) is 6.10 Å². The summed E-state index contributed by atoms with van der Waals surface area (Å²) in [6.07, 6.45) is 3.75. The van der Waals surface area contributed by atoms with E-state index in [1.54, 1.807) is 24.5 Å². The van der Waals surface area contributed by atoms with Crippen LogP contribution in [0, 0.1) is 0 Å². The Morgan fingerprint density at radius 3 is 2.77 bits per heavy atom. The van der Waals surface area contributed by atoms with Crippen molar-refractivity contribution < 1.29 is 9.47 Å². The number of ether oxygens (including phenoxy) is 2. The normalized spacial score (nSPS) is 24.6. The lowest BCUT2D eigenvalue weighted by Gasteiger charge is -2.28. The summed E-state index contributed by atoms with van der Waals surface area (Å²) in [6, 6.07) is 9.16. The van der Waals surface area contributed by atoms with E-state index in [1.165, 1.54) is 0 Å². The van der Waals surface area contributed by atoms with E-state index in [4.69, 9.17) is 44.3 Å². The van der Waals surface area contributed by atoms with Gasteiger partial charge in [0.15, 0.2) is 0 Å². The highest BCUT2D eigenvalue weighted by Gasteiger charge is 2.43. The molecule has 6 heteroatoms. The Morgan fingerprint density at radius 2 is 2.14 bits per heavy atom. The maximum atomic E-state index is 6.29. The van der Waals surface area contributed by atoms with Crippen molar-refractivity contribution >= 4 is 34.8 Å². The van der Waals surface area contributed by atoms with Crippen LogP contribution in [0.4, 0.5) is 0 Å². The molecule has 1 aliphatic heterocycles. The van der Waals surface area contributed by atoms with Crippen LogP contribution in [0.1, 0.15) is 11.1 Å². The van der Waals surface area contributed by atoms with Gasteiger partial charge >= 0.3 is 0 Å². The molecule has 0 amide bonds. The molecule has 116 valence electrons. The molecule has 1 aliphatic rings. The summed E-state index contributed by atoms with van der Waals surface area (Å²) in [6.45, 7) is 0.434. The number of nitrogens with zero attached hydrogens (tertiary/aromatic N) is 1. The van der Waals surface area contributed by atoms with Crippen molar-refractivity contribution in [2.24, 2.45) is 0 Å². The first kappa shape index (κ1) is 16.0. The first-order valence-electron chi connectivity index (χ1n) is 6.85. The molecule has 1 aromatic heterocycles. The number of benzene rings is 1. The molecule has 0 aliphatic carbocycles. The van der Waals surface area contributed by atoms with Crippen molar-refractivity contribution in [3.63, 3.8) is 0 Å². The first-order valence-corrected chi connectivity index (χ1v) is 8.14. The van der Waals surface area contributed by atoms with E-state index < -0.39 is 5.79 Å². The average molecular weight is 359 g/mol. The highest BCUT2D eigenvalue weighted by molar-refractivity contribution is 6.35. The summed E-state index contributed by atoms with van der Waals surface area (Å²) < 4.78 is 12.1. The zero-order chi connectivity index (χ0) is 15.6. The molecule has 1 saturated heterocycles. The summed E-state index contributed by atoms with van der Waals surface area (Å²) in [7, 11) is 0. The Labute approximate surface area is 144 Å². The molecule has 2 aromatic rings. The average Bonchev–Trinajstić information content (AvgIpc) is 2.96. The SMILES string of the molecule is ClCC1COC(Cc2ccc(Cl)cc2Cl)(c2cccnc2)O1. The van der Waals surface area contributed by atoms with Gasteiger partial charge in [0, 0.05) is 34.4 Å². The van der Waals surface area contributed by atoms with E-state index in [1.807, 2.05) is 18.2 Å². The van der Waals surface area contributed by atoms with Crippen LogP contribution >= 0.6 is 34.8 Å². The van der Waals surface area contributed by atoms with Crippen molar-refractivity contribution in [2.45, 2.75) is 18.3 Å². The monoisotopic (exact) mass is 357 g/mol. The third kappa shape index (κ3) is 3.24. The second-order valence-corrected chi connectivity index (χ2v) is 6.26. The minimum atomic E-state index is -0.925. The van der Waals surface area contributed by atoms with Gasteiger partial charge in [-0.1, -0.05) is 35.3 Å². The van der Waals surface area contributed by atoms with Gasteiger partial charge in [0.05, 0.1) is 18.6 Å². The summed E-state index contributed by atoms with van der Waals surface area (Å²) in [4.78, 5) is 4.16. The van der Waals surface area contributed by atoms with Gasteiger partial charge in [-0.2, -0.15) is 0 Å². The Balaban J connectivity index is 1.96. The van der Waals surface area contributed by atoms with Crippen LogP contribution < -0.4 is 0 Å². The maximum Gasteiger partial charge on any atom is 0.201 e. The number of rotatable bonds is 4. The van der Waals surface area contributed by atoms with Crippen molar-refractivity contribution in [3.05, 3.63) is 63.9 Å². The lowest BCUT2D eigenvalue weighted by atomic mass is 9.99. The standard InChI is InChI=1S/C16H14Cl3NO2/c17-8-14-10-21-16(22-14,12-2-1-5-20-9-12)7-11-3-4-13(18)6-15(11)19/h1-6,9,14H,7-8,10H2. The number of aromatic nitrogens is 1. The van der Waals surface area contributed by atoms with Gasteiger partial charge in [0.1, 0.15) is 0 Å². The zero-order valence-corrected chi connectivity index (χ0v) is 13.9. The number of pyridine rings is 1. The quantitative estimate of drug-likeness (QED) is 0.757. The fourth-order valence-electron chi connectivity index (χ4n) is 2.49. The Kier molecular flexibility index (Phi) is 4.91. The number of hydrogen-bond acceptors (Lipinski definition) is 3. The number of hydrogen-bond donors (Lipinski definition) is 0. The summed E-state index contributed by atoms with van der Waals surface area (Å²) in [5, 5.41) is 1.17. The van der Waals surface area contributed by atoms with Crippen molar-refractivity contribution in [3.8, 4) is 0 Å². The minimum Gasteiger partial charge on any atom is -0.343 e. The van der Waals surface area contributed by atoms with Gasteiger partial charge in [0.2, 0.25) is 5.79 Å². The van der Waals surface area contributed by atoms with E-state index in [0.717, 1.165) is 11.1 Å². The van der Waals surface area contributed by atoms with Crippen LogP contribution in [0.15, 0.2) is 42.7 Å². The van der Waals surface area contributed by atoms with Crippen LogP contribution in [0.2, 0.25) is 10.0 Å². The van der Waals surface area contributed by atoms with Crippen molar-refractivity contribution in [1.29, 1.82) is 0 Å². The molecule has 0 radical (unpaired) electrons. The second-order valence-electron chi connectivity index (χ2n) is 5.11. The highest BCUT2D eigenvalue weighted by Crippen LogP contribution is 2.39. The molecule has 0 N–H and O–H groups in total. The van der Waals surface area contributed by atoms with Gasteiger partial charge in [0.25, 0.3) is 0 Å². The predicted octanol–water partition coefficient (Wildman–Crippen LogP) is 4.44. The van der Waals surface area contributed by atoms with Crippen molar-refractivity contribution in [2.75, 3.05) is 12.5 Å². The topological polar surface area (TPSA) is 31.4 Å². The van der Waals surface area contributed by atoms with E-state index in [0.29, 0.717) is 29.0 Å². The third-order valence-corrected chi connectivity index (χ3v) is 4.50. The Morgan fingerprint density at radius 1 is 1.27 bits per heavy atom. The summed E-state index contributed by atoms with van der Waals surface area (Å²) >= 11 is 18.2. The molecule has 2 unspecified atom stereocenters. The molecule has 0 saturated carbocycles. The summed E-state index contributed by atoms with van der Waals surface area (Å²) in [5.41, 5.74) is 1.73. The summed E-state index contributed by atoms with van der Waals surface area (Å²) in [5.74, 6) is -0.554. The molecule has 1 aromatic carbocycles. The van der Waals surface area contributed by atoms with E-state index in [9.17, 15) is 0 Å². The molecule has 0 bridgehead atoms. The molecular weight excluding hydrogens is 345 g/mol. The molecule has 3 rings (SSSR count). The first-order chi connectivity index (χ1) is 10.6. The lowest BCUT2D eigenvalue weighted by molar-refractivity contribution is -0.174. The molecule has 1 fully saturated rings. The second kappa shape index (κ2) is 6.73. The molecule has 3 nitrogen and oxygen atoms in total. The van der Waals surface area contributed by atoms with Gasteiger partial charge < -0.3 is 9.47 Å². The molecule has 2 heterocycles.